The number of unbranched alkanes of at least 4 members (excludes halogenated alkanes) is 2. The van der Waals surface area contributed by atoms with Crippen LogP contribution in [-0.2, 0) is 27.8 Å². The zero-order valence-corrected chi connectivity index (χ0v) is 34.0. The van der Waals surface area contributed by atoms with E-state index in [2.05, 4.69) is 89.2 Å². The van der Waals surface area contributed by atoms with Gasteiger partial charge >= 0.3 is 0 Å². The molecule has 0 spiro atoms. The number of carbonyl (C=O) groups excluding carboxylic acids is 3. The van der Waals surface area contributed by atoms with Crippen LogP contribution in [0.2, 0.25) is 0 Å². The molecule has 2 aromatic carbocycles. The van der Waals surface area contributed by atoms with Crippen LogP contribution in [0.25, 0.3) is 0 Å². The SMILES string of the molecule is CC.CC1C2CC(C#N)N(C=O)C12.CCCCCN(C)C=O.CCNCCC1(c2nn[nH]n2)c2ccccc2CCc2cc(C(=O)N3CCCCC3)ccc21. The molecule has 3 heterocycles. The predicted molar refractivity (Wildman–Crippen MR) is 215 cm³/mol. The molecule has 3 fully saturated rings. The quantitative estimate of drug-likeness (QED) is 0.171. The van der Waals surface area contributed by atoms with Gasteiger partial charge in [0, 0.05) is 38.3 Å². The maximum atomic E-state index is 13.3. The summed E-state index contributed by atoms with van der Waals surface area (Å²) in [6, 6.07) is 17.3. The summed E-state index contributed by atoms with van der Waals surface area (Å²) in [5.74, 6) is 2.08. The molecule has 3 aromatic rings. The molecule has 298 valence electrons. The Bertz CT molecular complexity index is 1690. The summed E-state index contributed by atoms with van der Waals surface area (Å²) in [5.41, 5.74) is 5.19. The molecule has 5 unspecified atom stereocenters. The Hall–Kier alpha value is -4.63. The van der Waals surface area contributed by atoms with E-state index in [0.717, 1.165) is 96.1 Å². The second kappa shape index (κ2) is 21.5. The van der Waals surface area contributed by atoms with Crippen molar-refractivity contribution in [3.63, 3.8) is 0 Å². The van der Waals surface area contributed by atoms with Gasteiger partial charge in [-0.05, 0) is 111 Å². The highest BCUT2D eigenvalue weighted by Gasteiger charge is 2.58. The second-order valence-electron chi connectivity index (χ2n) is 14.9. The molecule has 55 heavy (non-hydrogen) atoms. The average Bonchev–Trinajstić information content (AvgIpc) is 3.55. The van der Waals surface area contributed by atoms with Crippen LogP contribution in [0.15, 0.2) is 42.5 Å². The third-order valence-corrected chi connectivity index (χ3v) is 11.5. The van der Waals surface area contributed by atoms with Gasteiger partial charge < -0.3 is 20.0 Å². The van der Waals surface area contributed by atoms with Gasteiger partial charge in [0.15, 0.2) is 5.82 Å². The standard InChI is InChI=1S/C26H32N6O.C8H10N2O.C7H15NO.C2H6/c1-2-27-15-14-26(25-28-30-31-29-25)22-9-5-4-8-19(22)10-11-20-18-21(12-13-23(20)26)24(33)32-16-6-3-7-17-32;1-5-7-2-6(3-9)10(4-11)8(5)7;1-3-4-5-6-8(2)7-9;1-2/h4-5,8-9,12-13,18,27H,2-3,6-7,10-11,14-17H2,1H3,(H,28,29,30,31);4-8H,2H2,1H3;7H,3-6H2,1-2H3;1-2H3. The molecule has 5 atom stereocenters. The third-order valence-electron chi connectivity index (χ3n) is 11.5. The summed E-state index contributed by atoms with van der Waals surface area (Å²) < 4.78 is 0. The fourth-order valence-electron chi connectivity index (χ4n) is 8.50. The molecule has 3 amide bonds. The molecule has 7 rings (SSSR count). The van der Waals surface area contributed by atoms with Crippen molar-refractivity contribution >= 4 is 18.7 Å². The number of hydrogen-bond donors (Lipinski definition) is 2. The summed E-state index contributed by atoms with van der Waals surface area (Å²) >= 11 is 0. The number of aryl methyl sites for hydroxylation is 2. The Morgan fingerprint density at radius 2 is 1.78 bits per heavy atom. The number of aromatic nitrogens is 4. The molecule has 0 bridgehead atoms. The lowest BCUT2D eigenvalue weighted by atomic mass is 9.69. The van der Waals surface area contributed by atoms with Crippen molar-refractivity contribution in [2.75, 3.05) is 39.8 Å². The Morgan fingerprint density at radius 1 is 1.05 bits per heavy atom. The van der Waals surface area contributed by atoms with Gasteiger partial charge in [-0.3, -0.25) is 14.4 Å². The molecule has 2 aliphatic carbocycles. The van der Waals surface area contributed by atoms with Crippen LogP contribution in [-0.4, -0.2) is 106 Å². The average molecular weight is 754 g/mol. The van der Waals surface area contributed by atoms with Gasteiger partial charge in [0.1, 0.15) is 6.04 Å². The number of H-pyrrole nitrogens is 1. The van der Waals surface area contributed by atoms with Crippen molar-refractivity contribution in [3.05, 3.63) is 76.1 Å². The Labute approximate surface area is 328 Å². The van der Waals surface area contributed by atoms with Gasteiger partial charge in [-0.15, -0.1) is 10.2 Å². The number of piperidine rings is 2. The Balaban J connectivity index is 0.000000249. The zero-order chi connectivity index (χ0) is 39.8. The van der Waals surface area contributed by atoms with Crippen molar-refractivity contribution in [1.82, 2.24) is 40.6 Å². The van der Waals surface area contributed by atoms with Crippen LogP contribution >= 0.6 is 0 Å². The van der Waals surface area contributed by atoms with Crippen molar-refractivity contribution in [1.29, 1.82) is 5.26 Å². The van der Waals surface area contributed by atoms with Crippen LogP contribution in [0.5, 0.6) is 0 Å². The van der Waals surface area contributed by atoms with Crippen molar-refractivity contribution < 1.29 is 14.4 Å². The lowest BCUT2D eigenvalue weighted by Crippen LogP contribution is -2.37. The molecule has 12 nitrogen and oxygen atoms in total. The van der Waals surface area contributed by atoms with Crippen LogP contribution < -0.4 is 5.32 Å². The normalized spacial score (nSPS) is 22.9. The van der Waals surface area contributed by atoms with Gasteiger partial charge in [0.05, 0.1) is 11.5 Å². The molecule has 1 aromatic heterocycles. The number of nitrogens with one attached hydrogen (secondary N) is 2. The van der Waals surface area contributed by atoms with Gasteiger partial charge in [0.2, 0.25) is 12.8 Å². The predicted octanol–water partition coefficient (Wildman–Crippen LogP) is 5.92. The summed E-state index contributed by atoms with van der Waals surface area (Å²) in [7, 11) is 1.81. The number of rotatable bonds is 12. The minimum atomic E-state index is -0.524. The molecular formula is C43H63N9O3. The first-order valence-corrected chi connectivity index (χ1v) is 20.6. The molecule has 12 heteroatoms. The van der Waals surface area contributed by atoms with E-state index in [4.69, 9.17) is 5.26 Å². The largest absolute Gasteiger partial charge is 0.348 e. The smallest absolute Gasteiger partial charge is 0.253 e. The molecule has 2 aliphatic heterocycles. The van der Waals surface area contributed by atoms with Crippen LogP contribution in [0, 0.1) is 23.2 Å². The molecular weight excluding hydrogens is 691 g/mol. The fraction of sp³-hybridized carbons (Fsp3) is 0.605. The lowest BCUT2D eigenvalue weighted by molar-refractivity contribution is -0.119. The maximum absolute atomic E-state index is 13.3. The number of hydrogen-bond acceptors (Lipinski definition) is 8. The van der Waals surface area contributed by atoms with Crippen LogP contribution in [0.1, 0.15) is 124 Å². The maximum Gasteiger partial charge on any atom is 0.253 e. The van der Waals surface area contributed by atoms with Gasteiger partial charge in [0.25, 0.3) is 5.91 Å². The molecule has 2 saturated heterocycles. The highest BCUT2D eigenvalue weighted by atomic mass is 16.2. The number of likely N-dealkylation sites (tertiary alicyclic amines) is 2. The molecule has 2 N–H and O–H groups in total. The van der Waals surface area contributed by atoms with Crippen molar-refractivity contribution in [2.24, 2.45) is 11.8 Å². The minimum Gasteiger partial charge on any atom is -0.348 e. The summed E-state index contributed by atoms with van der Waals surface area (Å²) in [6.07, 6.45) is 12.2. The van der Waals surface area contributed by atoms with Crippen molar-refractivity contribution in [2.45, 2.75) is 116 Å². The minimum absolute atomic E-state index is 0.140. The van der Waals surface area contributed by atoms with E-state index in [1.807, 2.05) is 31.9 Å². The molecule has 0 radical (unpaired) electrons. The highest BCUT2D eigenvalue weighted by molar-refractivity contribution is 5.94. The lowest BCUT2D eigenvalue weighted by Gasteiger charge is -2.34. The number of carbonyl (C=O) groups is 3. The highest BCUT2D eigenvalue weighted by Crippen LogP contribution is 2.52. The Morgan fingerprint density at radius 3 is 2.44 bits per heavy atom. The summed E-state index contributed by atoms with van der Waals surface area (Å²) in [6.45, 7) is 14.8. The van der Waals surface area contributed by atoms with Crippen molar-refractivity contribution in [3.8, 4) is 6.07 Å². The first kappa shape index (κ1) is 43.1. The van der Waals surface area contributed by atoms with E-state index >= 15 is 0 Å². The van der Waals surface area contributed by atoms with E-state index in [1.54, 1.807) is 9.80 Å². The summed E-state index contributed by atoms with van der Waals surface area (Å²) in [4.78, 5) is 39.2. The van der Waals surface area contributed by atoms with E-state index in [0.29, 0.717) is 23.7 Å². The molecule has 1 saturated carbocycles. The fourth-order valence-corrected chi connectivity index (χ4v) is 8.50. The van der Waals surface area contributed by atoms with Crippen LogP contribution in [0.4, 0.5) is 0 Å². The van der Waals surface area contributed by atoms with E-state index in [9.17, 15) is 14.4 Å². The monoisotopic (exact) mass is 754 g/mol. The number of fused-ring (bicyclic) bond motifs is 3. The summed E-state index contributed by atoms with van der Waals surface area (Å²) in [5, 5.41) is 27.8. The first-order chi connectivity index (χ1) is 26.8. The van der Waals surface area contributed by atoms with Crippen LogP contribution in [0.3, 0.4) is 0 Å². The van der Waals surface area contributed by atoms with Gasteiger partial charge in [-0.2, -0.15) is 10.5 Å². The second-order valence-corrected chi connectivity index (χ2v) is 14.9. The van der Waals surface area contributed by atoms with E-state index in [1.165, 1.54) is 41.5 Å². The van der Waals surface area contributed by atoms with E-state index < -0.39 is 5.41 Å². The number of tetrazole rings is 1. The topological polar surface area (TPSA) is 151 Å². The third kappa shape index (κ3) is 10.2. The van der Waals surface area contributed by atoms with Gasteiger partial charge in [-0.1, -0.05) is 83.0 Å². The first-order valence-electron chi connectivity index (χ1n) is 20.6. The van der Waals surface area contributed by atoms with Gasteiger partial charge in [-0.25, -0.2) is 0 Å². The number of amides is 3. The Kier molecular flexibility index (Phi) is 16.8. The molecule has 4 aliphatic rings. The zero-order valence-electron chi connectivity index (χ0n) is 34.0. The number of nitrogens with zero attached hydrogens (tertiary/aromatic N) is 7. The van der Waals surface area contributed by atoms with E-state index in [-0.39, 0.29) is 11.9 Å². The number of benzene rings is 2. The number of aromatic amines is 1. The number of nitriles is 1.